The van der Waals surface area contributed by atoms with Gasteiger partial charge in [0.15, 0.2) is 0 Å². The Balaban J connectivity index is 2.28. The highest BCUT2D eigenvalue weighted by atomic mass is 35.5. The molecule has 11 heteroatoms. The molecule has 7 nitrogen and oxygen atoms in total. The van der Waals surface area contributed by atoms with Crippen molar-refractivity contribution in [3.8, 4) is 0 Å². The fourth-order valence-corrected chi connectivity index (χ4v) is 3.41. The molecule has 0 aliphatic heterocycles. The number of anilines is 2. The standard InChI is InChI=1S/C17H15Cl2FN2O5S/c1-27-17(24)10-3-5-12(18)15(7-10)21-16(23)9-22(28(2,25)26)11-4-6-14(20)13(19)8-11/h3-8H,9H2,1-2H3,(H,21,23). The molecule has 0 aliphatic carbocycles. The molecule has 2 rings (SSSR count). The van der Waals surface area contributed by atoms with Crippen molar-refractivity contribution >= 4 is 56.5 Å². The molecule has 0 aromatic heterocycles. The second-order valence-electron chi connectivity index (χ2n) is 5.60. The minimum Gasteiger partial charge on any atom is -0.465 e. The van der Waals surface area contributed by atoms with E-state index in [1.165, 1.54) is 31.4 Å². The van der Waals surface area contributed by atoms with Gasteiger partial charge in [0.05, 0.1) is 40.3 Å². The number of benzene rings is 2. The van der Waals surface area contributed by atoms with E-state index in [-0.39, 0.29) is 27.0 Å². The summed E-state index contributed by atoms with van der Waals surface area (Å²) in [6.07, 6.45) is 0.891. The average Bonchev–Trinajstić information content (AvgIpc) is 2.62. The van der Waals surface area contributed by atoms with Gasteiger partial charge in [-0.25, -0.2) is 17.6 Å². The number of ether oxygens (including phenoxy) is 1. The third-order valence-corrected chi connectivity index (χ3v) is 5.30. The van der Waals surface area contributed by atoms with Gasteiger partial charge in [-0.05, 0) is 36.4 Å². The molecule has 2 aromatic rings. The molecule has 0 bridgehead atoms. The van der Waals surface area contributed by atoms with Crippen molar-refractivity contribution in [2.24, 2.45) is 0 Å². The Kier molecular flexibility index (Phi) is 6.87. The first kappa shape index (κ1) is 21.9. The number of hydrogen-bond acceptors (Lipinski definition) is 5. The van der Waals surface area contributed by atoms with E-state index in [0.29, 0.717) is 0 Å². The molecule has 2 aromatic carbocycles. The van der Waals surface area contributed by atoms with E-state index < -0.39 is 34.3 Å². The Hall–Kier alpha value is -2.36. The molecule has 0 saturated heterocycles. The Morgan fingerprint density at radius 1 is 1.14 bits per heavy atom. The van der Waals surface area contributed by atoms with E-state index in [2.05, 4.69) is 10.1 Å². The quantitative estimate of drug-likeness (QED) is 0.684. The second-order valence-corrected chi connectivity index (χ2v) is 8.32. The van der Waals surface area contributed by atoms with Gasteiger partial charge in [-0.15, -0.1) is 0 Å². The van der Waals surface area contributed by atoms with Crippen LogP contribution in [0, 0.1) is 5.82 Å². The minimum atomic E-state index is -3.89. The summed E-state index contributed by atoms with van der Waals surface area (Å²) < 4.78 is 42.9. The van der Waals surface area contributed by atoms with Crippen LogP contribution >= 0.6 is 23.2 Å². The van der Waals surface area contributed by atoms with E-state index in [1.54, 1.807) is 0 Å². The maximum absolute atomic E-state index is 13.4. The Morgan fingerprint density at radius 2 is 1.82 bits per heavy atom. The van der Waals surface area contributed by atoms with Crippen molar-refractivity contribution in [3.05, 3.63) is 57.8 Å². The lowest BCUT2D eigenvalue weighted by Crippen LogP contribution is -2.37. The van der Waals surface area contributed by atoms with Crippen LogP contribution in [-0.2, 0) is 19.6 Å². The fraction of sp³-hybridized carbons (Fsp3) is 0.176. The number of hydrogen-bond donors (Lipinski definition) is 1. The minimum absolute atomic E-state index is 0.0125. The monoisotopic (exact) mass is 448 g/mol. The number of nitrogens with one attached hydrogen (secondary N) is 1. The number of rotatable bonds is 6. The zero-order valence-electron chi connectivity index (χ0n) is 14.7. The first-order chi connectivity index (χ1) is 13.0. The summed E-state index contributed by atoms with van der Waals surface area (Å²) in [5.41, 5.74) is 0.256. The van der Waals surface area contributed by atoms with Crippen LogP contribution in [0.1, 0.15) is 10.4 Å². The molecule has 28 heavy (non-hydrogen) atoms. The molecule has 1 amide bonds. The number of sulfonamides is 1. The maximum Gasteiger partial charge on any atom is 0.337 e. The molecule has 0 heterocycles. The highest BCUT2D eigenvalue weighted by Gasteiger charge is 2.22. The van der Waals surface area contributed by atoms with Crippen LogP contribution in [0.4, 0.5) is 15.8 Å². The lowest BCUT2D eigenvalue weighted by Gasteiger charge is -2.22. The molecule has 1 N–H and O–H groups in total. The Morgan fingerprint density at radius 3 is 2.39 bits per heavy atom. The molecule has 0 spiro atoms. The van der Waals surface area contributed by atoms with Gasteiger partial charge in [0, 0.05) is 0 Å². The number of nitrogens with zero attached hydrogens (tertiary/aromatic N) is 1. The van der Waals surface area contributed by atoms with E-state index in [1.807, 2.05) is 0 Å². The van der Waals surface area contributed by atoms with E-state index >= 15 is 0 Å². The van der Waals surface area contributed by atoms with Gasteiger partial charge < -0.3 is 10.1 Å². The molecular weight excluding hydrogens is 434 g/mol. The largest absolute Gasteiger partial charge is 0.465 e. The number of esters is 1. The number of methoxy groups -OCH3 is 1. The van der Waals surface area contributed by atoms with Gasteiger partial charge in [0.2, 0.25) is 15.9 Å². The van der Waals surface area contributed by atoms with Crippen LogP contribution in [0.15, 0.2) is 36.4 Å². The van der Waals surface area contributed by atoms with Crippen molar-refractivity contribution in [2.75, 3.05) is 29.5 Å². The number of carbonyl (C=O) groups is 2. The topological polar surface area (TPSA) is 92.8 Å². The van der Waals surface area contributed by atoms with Gasteiger partial charge in [0.25, 0.3) is 0 Å². The molecule has 0 unspecified atom stereocenters. The van der Waals surface area contributed by atoms with E-state index in [4.69, 9.17) is 23.2 Å². The third-order valence-electron chi connectivity index (χ3n) is 3.54. The van der Waals surface area contributed by atoms with Crippen molar-refractivity contribution in [3.63, 3.8) is 0 Å². The second kappa shape index (κ2) is 8.76. The molecular formula is C17H15Cl2FN2O5S. The number of halogens is 3. The van der Waals surface area contributed by atoms with Crippen LogP contribution in [0.25, 0.3) is 0 Å². The zero-order chi connectivity index (χ0) is 21.1. The maximum atomic E-state index is 13.4. The first-order valence-electron chi connectivity index (χ1n) is 7.63. The first-order valence-corrected chi connectivity index (χ1v) is 10.2. The van der Waals surface area contributed by atoms with Crippen molar-refractivity contribution < 1.29 is 27.1 Å². The molecule has 0 saturated carbocycles. The molecule has 0 atom stereocenters. The molecule has 0 fully saturated rings. The predicted octanol–water partition coefficient (Wildman–Crippen LogP) is 3.32. The normalized spacial score (nSPS) is 11.0. The summed E-state index contributed by atoms with van der Waals surface area (Å²) in [7, 11) is -2.68. The summed E-state index contributed by atoms with van der Waals surface area (Å²) in [6.45, 7) is -0.625. The number of amides is 1. The van der Waals surface area contributed by atoms with E-state index in [0.717, 1.165) is 22.7 Å². The summed E-state index contributed by atoms with van der Waals surface area (Å²) >= 11 is 11.7. The van der Waals surface area contributed by atoms with Crippen LogP contribution in [0.2, 0.25) is 10.0 Å². The highest BCUT2D eigenvalue weighted by Crippen LogP contribution is 2.26. The smallest absolute Gasteiger partial charge is 0.337 e. The Bertz CT molecular complexity index is 1030. The lowest BCUT2D eigenvalue weighted by atomic mass is 10.2. The SMILES string of the molecule is COC(=O)c1ccc(Cl)c(NC(=O)CN(c2ccc(F)c(Cl)c2)S(C)(=O)=O)c1. The van der Waals surface area contributed by atoms with E-state index in [9.17, 15) is 22.4 Å². The number of carbonyl (C=O) groups excluding carboxylic acids is 2. The van der Waals surface area contributed by atoms with Crippen molar-refractivity contribution in [1.29, 1.82) is 0 Å². The van der Waals surface area contributed by atoms with Gasteiger partial charge >= 0.3 is 5.97 Å². The van der Waals surface area contributed by atoms with Crippen LogP contribution < -0.4 is 9.62 Å². The van der Waals surface area contributed by atoms with Crippen LogP contribution in [0.3, 0.4) is 0 Å². The highest BCUT2D eigenvalue weighted by molar-refractivity contribution is 7.92. The van der Waals surface area contributed by atoms with Gasteiger partial charge in [-0.2, -0.15) is 0 Å². The van der Waals surface area contributed by atoms with Crippen molar-refractivity contribution in [2.45, 2.75) is 0 Å². The molecule has 150 valence electrons. The average molecular weight is 449 g/mol. The summed E-state index contributed by atoms with van der Waals surface area (Å²) in [6, 6.07) is 7.36. The Labute approximate surface area is 171 Å². The summed E-state index contributed by atoms with van der Waals surface area (Å²) in [5.74, 6) is -2.10. The summed E-state index contributed by atoms with van der Waals surface area (Å²) in [5, 5.41) is 2.28. The third kappa shape index (κ3) is 5.34. The van der Waals surface area contributed by atoms with Gasteiger partial charge in [0.1, 0.15) is 12.4 Å². The lowest BCUT2D eigenvalue weighted by molar-refractivity contribution is -0.114. The molecule has 0 aliphatic rings. The van der Waals surface area contributed by atoms with Gasteiger partial charge in [-0.1, -0.05) is 23.2 Å². The van der Waals surface area contributed by atoms with Crippen LogP contribution in [0.5, 0.6) is 0 Å². The van der Waals surface area contributed by atoms with Crippen LogP contribution in [-0.4, -0.2) is 40.2 Å². The fourth-order valence-electron chi connectivity index (χ4n) is 2.23. The summed E-state index contributed by atoms with van der Waals surface area (Å²) in [4.78, 5) is 24.0. The van der Waals surface area contributed by atoms with Crippen molar-refractivity contribution in [1.82, 2.24) is 0 Å². The van der Waals surface area contributed by atoms with Gasteiger partial charge in [-0.3, -0.25) is 9.10 Å². The zero-order valence-corrected chi connectivity index (χ0v) is 17.0. The predicted molar refractivity (Wildman–Crippen MR) is 105 cm³/mol. The molecule has 0 radical (unpaired) electrons.